The standard InChI is InChI=1S/C11H10ClN3S/c12-10-4-3-9(16-10)8-5-11(14-6-13-8)15-7-1-2-7/h3-7H,1-2H2,(H,13,14,15). The Morgan fingerprint density at radius 1 is 1.31 bits per heavy atom. The molecular weight excluding hydrogens is 242 g/mol. The third-order valence-corrected chi connectivity index (χ3v) is 3.68. The van der Waals surface area contributed by atoms with Crippen molar-refractivity contribution < 1.29 is 0 Å². The Kier molecular flexibility index (Phi) is 2.53. The van der Waals surface area contributed by atoms with E-state index in [0.29, 0.717) is 6.04 Å². The minimum atomic E-state index is 0.606. The van der Waals surface area contributed by atoms with Crippen LogP contribution in [-0.2, 0) is 0 Å². The van der Waals surface area contributed by atoms with Gasteiger partial charge in [0.2, 0.25) is 0 Å². The number of rotatable bonds is 3. The molecule has 1 fully saturated rings. The molecule has 0 spiro atoms. The predicted octanol–water partition coefficient (Wildman–Crippen LogP) is 3.43. The average molecular weight is 252 g/mol. The summed E-state index contributed by atoms with van der Waals surface area (Å²) >= 11 is 7.44. The topological polar surface area (TPSA) is 37.8 Å². The Labute approximate surface area is 103 Å². The molecule has 2 aromatic heterocycles. The van der Waals surface area contributed by atoms with Gasteiger partial charge < -0.3 is 5.32 Å². The van der Waals surface area contributed by atoms with Crippen LogP contribution >= 0.6 is 22.9 Å². The minimum Gasteiger partial charge on any atom is -0.367 e. The van der Waals surface area contributed by atoms with Crippen molar-refractivity contribution in [2.24, 2.45) is 0 Å². The molecular formula is C11H10ClN3S. The van der Waals surface area contributed by atoms with Gasteiger partial charge in [0, 0.05) is 12.1 Å². The van der Waals surface area contributed by atoms with E-state index in [-0.39, 0.29) is 0 Å². The summed E-state index contributed by atoms with van der Waals surface area (Å²) in [6.07, 6.45) is 4.07. The number of nitrogens with one attached hydrogen (secondary N) is 1. The lowest BCUT2D eigenvalue weighted by Gasteiger charge is -2.03. The van der Waals surface area contributed by atoms with Crippen molar-refractivity contribution in [2.75, 3.05) is 5.32 Å². The average Bonchev–Trinajstić information content (AvgIpc) is 2.98. The largest absolute Gasteiger partial charge is 0.367 e. The predicted molar refractivity (Wildman–Crippen MR) is 67.0 cm³/mol. The van der Waals surface area contributed by atoms with Gasteiger partial charge >= 0.3 is 0 Å². The van der Waals surface area contributed by atoms with Gasteiger partial charge in [0.15, 0.2) is 0 Å². The molecule has 0 amide bonds. The number of thiophene rings is 1. The second kappa shape index (κ2) is 4.03. The van der Waals surface area contributed by atoms with Gasteiger partial charge in [-0.05, 0) is 25.0 Å². The number of hydrogen-bond donors (Lipinski definition) is 1. The molecule has 82 valence electrons. The fraction of sp³-hybridized carbons (Fsp3) is 0.273. The molecule has 3 rings (SSSR count). The van der Waals surface area contributed by atoms with Crippen molar-refractivity contribution in [3.8, 4) is 10.6 Å². The van der Waals surface area contributed by atoms with Crippen molar-refractivity contribution in [2.45, 2.75) is 18.9 Å². The van der Waals surface area contributed by atoms with Crippen LogP contribution in [0.1, 0.15) is 12.8 Å². The quantitative estimate of drug-likeness (QED) is 0.908. The number of halogens is 1. The van der Waals surface area contributed by atoms with Gasteiger partial charge in [-0.25, -0.2) is 9.97 Å². The lowest BCUT2D eigenvalue weighted by atomic mass is 10.3. The number of nitrogens with zero attached hydrogens (tertiary/aromatic N) is 2. The molecule has 1 N–H and O–H groups in total. The summed E-state index contributed by atoms with van der Waals surface area (Å²) in [6, 6.07) is 6.45. The second-order valence-electron chi connectivity index (χ2n) is 3.81. The monoisotopic (exact) mass is 251 g/mol. The van der Waals surface area contributed by atoms with Crippen LogP contribution in [0.3, 0.4) is 0 Å². The number of hydrogen-bond acceptors (Lipinski definition) is 4. The minimum absolute atomic E-state index is 0.606. The van der Waals surface area contributed by atoms with Crippen LogP contribution in [0.5, 0.6) is 0 Å². The fourth-order valence-corrected chi connectivity index (χ4v) is 2.47. The van der Waals surface area contributed by atoms with E-state index in [1.807, 2.05) is 18.2 Å². The molecule has 1 saturated carbocycles. The van der Waals surface area contributed by atoms with Crippen LogP contribution in [0.2, 0.25) is 4.34 Å². The highest BCUT2D eigenvalue weighted by atomic mass is 35.5. The van der Waals surface area contributed by atoms with Gasteiger partial charge in [-0.15, -0.1) is 11.3 Å². The van der Waals surface area contributed by atoms with E-state index in [2.05, 4.69) is 15.3 Å². The molecule has 1 aliphatic carbocycles. The molecule has 1 aliphatic rings. The Morgan fingerprint density at radius 2 is 2.19 bits per heavy atom. The van der Waals surface area contributed by atoms with E-state index >= 15 is 0 Å². The maximum Gasteiger partial charge on any atom is 0.130 e. The molecule has 0 bridgehead atoms. The zero-order chi connectivity index (χ0) is 11.0. The summed E-state index contributed by atoms with van der Waals surface area (Å²) in [5.74, 6) is 0.900. The van der Waals surface area contributed by atoms with E-state index in [4.69, 9.17) is 11.6 Å². The lowest BCUT2D eigenvalue weighted by molar-refractivity contribution is 1.08. The summed E-state index contributed by atoms with van der Waals surface area (Å²) in [4.78, 5) is 9.53. The van der Waals surface area contributed by atoms with Crippen molar-refractivity contribution in [3.05, 3.63) is 28.9 Å². The van der Waals surface area contributed by atoms with Gasteiger partial charge in [-0.1, -0.05) is 11.6 Å². The van der Waals surface area contributed by atoms with Crippen LogP contribution in [-0.4, -0.2) is 16.0 Å². The smallest absolute Gasteiger partial charge is 0.130 e. The highest BCUT2D eigenvalue weighted by molar-refractivity contribution is 7.19. The second-order valence-corrected chi connectivity index (χ2v) is 5.53. The number of anilines is 1. The van der Waals surface area contributed by atoms with Gasteiger partial charge in [0.05, 0.1) is 14.9 Å². The van der Waals surface area contributed by atoms with E-state index < -0.39 is 0 Å². The molecule has 0 unspecified atom stereocenters. The SMILES string of the molecule is Clc1ccc(-c2cc(NC3CC3)ncn2)s1. The maximum atomic E-state index is 5.90. The lowest BCUT2D eigenvalue weighted by Crippen LogP contribution is -2.03. The van der Waals surface area contributed by atoms with E-state index in [1.54, 1.807) is 6.33 Å². The van der Waals surface area contributed by atoms with Crippen molar-refractivity contribution in [1.29, 1.82) is 0 Å². The van der Waals surface area contributed by atoms with Gasteiger partial charge in [0.1, 0.15) is 12.1 Å². The third kappa shape index (κ3) is 2.18. The molecule has 5 heteroatoms. The zero-order valence-corrected chi connectivity index (χ0v) is 10.1. The Morgan fingerprint density at radius 3 is 2.88 bits per heavy atom. The molecule has 16 heavy (non-hydrogen) atoms. The Hall–Kier alpha value is -1.13. The molecule has 2 aromatic rings. The summed E-state index contributed by atoms with van der Waals surface area (Å²) in [6.45, 7) is 0. The summed E-state index contributed by atoms with van der Waals surface area (Å²) < 4.78 is 0.783. The first-order chi connectivity index (χ1) is 7.81. The molecule has 0 radical (unpaired) electrons. The summed E-state index contributed by atoms with van der Waals surface area (Å²) in [5.41, 5.74) is 0.926. The molecule has 0 saturated heterocycles. The highest BCUT2D eigenvalue weighted by Crippen LogP contribution is 2.31. The molecule has 2 heterocycles. The van der Waals surface area contributed by atoms with Crippen molar-refractivity contribution in [3.63, 3.8) is 0 Å². The van der Waals surface area contributed by atoms with Gasteiger partial charge in [0.25, 0.3) is 0 Å². The van der Waals surface area contributed by atoms with Crippen LogP contribution in [0.25, 0.3) is 10.6 Å². The van der Waals surface area contributed by atoms with Gasteiger partial charge in [-0.2, -0.15) is 0 Å². The maximum absolute atomic E-state index is 5.90. The first kappa shape index (κ1) is 10.1. The normalized spacial score (nSPS) is 15.1. The first-order valence-electron chi connectivity index (χ1n) is 5.15. The summed E-state index contributed by atoms with van der Waals surface area (Å²) in [7, 11) is 0. The van der Waals surface area contributed by atoms with Crippen LogP contribution in [0.15, 0.2) is 24.5 Å². The Bertz CT molecular complexity index is 507. The zero-order valence-electron chi connectivity index (χ0n) is 8.48. The van der Waals surface area contributed by atoms with Crippen molar-refractivity contribution in [1.82, 2.24) is 9.97 Å². The molecule has 0 aliphatic heterocycles. The fourth-order valence-electron chi connectivity index (χ4n) is 1.46. The van der Waals surface area contributed by atoms with E-state index in [1.165, 1.54) is 24.2 Å². The van der Waals surface area contributed by atoms with E-state index in [9.17, 15) is 0 Å². The van der Waals surface area contributed by atoms with Crippen molar-refractivity contribution >= 4 is 28.8 Å². The summed E-state index contributed by atoms with van der Waals surface area (Å²) in [5, 5.41) is 3.35. The molecule has 0 atom stereocenters. The molecule has 3 nitrogen and oxygen atoms in total. The van der Waals surface area contributed by atoms with E-state index in [0.717, 1.165) is 20.7 Å². The highest BCUT2D eigenvalue weighted by Gasteiger charge is 2.21. The van der Waals surface area contributed by atoms with Crippen LogP contribution in [0.4, 0.5) is 5.82 Å². The third-order valence-electron chi connectivity index (χ3n) is 2.42. The number of aromatic nitrogens is 2. The van der Waals surface area contributed by atoms with Crippen LogP contribution in [0, 0.1) is 0 Å². The first-order valence-corrected chi connectivity index (χ1v) is 6.35. The molecule has 0 aromatic carbocycles. The van der Waals surface area contributed by atoms with Crippen LogP contribution < -0.4 is 5.32 Å². The Balaban J connectivity index is 1.88. The van der Waals surface area contributed by atoms with Gasteiger partial charge in [-0.3, -0.25) is 0 Å².